The van der Waals surface area contributed by atoms with E-state index >= 15 is 0 Å². The van der Waals surface area contributed by atoms with E-state index in [0.717, 1.165) is 48.1 Å². The van der Waals surface area contributed by atoms with Gasteiger partial charge < -0.3 is 9.64 Å². The lowest BCUT2D eigenvalue weighted by Crippen LogP contribution is -2.57. The van der Waals surface area contributed by atoms with Crippen molar-refractivity contribution in [2.75, 3.05) is 14.2 Å². The molecule has 0 N–H and O–H groups in total. The van der Waals surface area contributed by atoms with Crippen molar-refractivity contribution >= 4 is 23.2 Å². The maximum atomic E-state index is 13.7. The molecule has 0 radical (unpaired) electrons. The maximum absolute atomic E-state index is 13.7. The minimum absolute atomic E-state index is 0.0450. The van der Waals surface area contributed by atoms with Crippen LogP contribution in [0.15, 0.2) is 54.6 Å². The van der Waals surface area contributed by atoms with Crippen molar-refractivity contribution in [3.63, 3.8) is 0 Å². The first-order chi connectivity index (χ1) is 16.8. The first-order valence-corrected chi connectivity index (χ1v) is 13.2. The second-order valence-corrected chi connectivity index (χ2v) is 11.8. The molecule has 1 amide bonds. The van der Waals surface area contributed by atoms with Crippen molar-refractivity contribution in [3.05, 3.63) is 81.0 Å². The van der Waals surface area contributed by atoms with Gasteiger partial charge in [0.25, 0.3) is 5.91 Å². The normalized spacial score (nSPS) is 22.9. The monoisotopic (exact) mass is 487 g/mol. The lowest BCUT2D eigenvalue weighted by Gasteiger charge is -2.58. The fraction of sp³-hybridized carbons (Fsp3) is 0.400. The van der Waals surface area contributed by atoms with Gasteiger partial charge in [0.15, 0.2) is 0 Å². The number of nitrogens with zero attached hydrogens (tertiary/aromatic N) is 1. The van der Waals surface area contributed by atoms with Crippen LogP contribution in [-0.4, -0.2) is 37.0 Å². The number of rotatable bonds is 6. The van der Waals surface area contributed by atoms with Crippen molar-refractivity contribution in [2.45, 2.75) is 52.0 Å². The molecule has 0 aliphatic heterocycles. The van der Waals surface area contributed by atoms with Crippen LogP contribution in [0.1, 0.15) is 56.9 Å². The Labute approximate surface area is 211 Å². The van der Waals surface area contributed by atoms with Gasteiger partial charge in [-0.25, -0.2) is 0 Å². The molecule has 4 nitrogen and oxygen atoms in total. The third-order valence-electron chi connectivity index (χ3n) is 8.14. The van der Waals surface area contributed by atoms with Crippen molar-refractivity contribution in [2.24, 2.45) is 11.3 Å². The highest BCUT2D eigenvalue weighted by Gasteiger charge is 2.56. The molecule has 0 bridgehead atoms. The van der Waals surface area contributed by atoms with Gasteiger partial charge in [0.2, 0.25) is 0 Å². The summed E-state index contributed by atoms with van der Waals surface area (Å²) in [7, 11) is 3.41. The summed E-state index contributed by atoms with van der Waals surface area (Å²) in [5.41, 5.74) is 5.90. The second-order valence-electron chi connectivity index (χ2n) is 10.4. The van der Waals surface area contributed by atoms with Crippen molar-refractivity contribution in [1.82, 2.24) is 4.90 Å². The van der Waals surface area contributed by atoms with Gasteiger partial charge >= 0.3 is 5.97 Å². The molecule has 1 spiro atoms. The molecule has 5 heteroatoms. The van der Waals surface area contributed by atoms with E-state index in [1.165, 1.54) is 28.7 Å². The smallest absolute Gasteiger partial charge is 0.308 e. The topological polar surface area (TPSA) is 46.6 Å². The number of carbonyl (C=O) groups excluding carboxylic acids is 2. The minimum Gasteiger partial charge on any atom is -0.469 e. The highest BCUT2D eigenvalue weighted by molar-refractivity contribution is 7.12. The van der Waals surface area contributed by atoms with Crippen LogP contribution in [0.25, 0.3) is 11.1 Å². The quantitative estimate of drug-likeness (QED) is 0.377. The van der Waals surface area contributed by atoms with E-state index in [1.54, 1.807) is 11.3 Å². The van der Waals surface area contributed by atoms with E-state index in [0.29, 0.717) is 0 Å². The number of hydrogen-bond acceptors (Lipinski definition) is 4. The predicted octanol–water partition coefficient (Wildman–Crippen LogP) is 6.43. The molecule has 2 aliphatic rings. The van der Waals surface area contributed by atoms with E-state index in [4.69, 9.17) is 4.74 Å². The number of aryl methyl sites for hydroxylation is 2. The molecule has 2 fully saturated rings. The summed E-state index contributed by atoms with van der Waals surface area (Å²) < 4.78 is 4.89. The van der Waals surface area contributed by atoms with E-state index < -0.39 is 0 Å². The lowest BCUT2D eigenvalue weighted by atomic mass is 9.50. The van der Waals surface area contributed by atoms with Crippen molar-refractivity contribution in [3.8, 4) is 11.1 Å². The van der Waals surface area contributed by atoms with Gasteiger partial charge in [0.05, 0.1) is 18.6 Å². The van der Waals surface area contributed by atoms with E-state index in [-0.39, 0.29) is 29.3 Å². The summed E-state index contributed by atoms with van der Waals surface area (Å²) in [6, 6.07) is 19.3. The summed E-state index contributed by atoms with van der Waals surface area (Å²) in [6.45, 7) is 4.19. The summed E-state index contributed by atoms with van der Waals surface area (Å²) in [6.07, 6.45) is 4.54. The number of hydrogen-bond donors (Lipinski definition) is 0. The molecular formula is C30H33NO3S. The van der Waals surface area contributed by atoms with E-state index in [9.17, 15) is 9.59 Å². The van der Waals surface area contributed by atoms with Crippen LogP contribution in [0, 0.1) is 25.2 Å². The summed E-state index contributed by atoms with van der Waals surface area (Å²) in [4.78, 5) is 29.7. The predicted molar refractivity (Wildman–Crippen MR) is 141 cm³/mol. The molecule has 1 aromatic heterocycles. The number of esters is 1. The first-order valence-electron chi connectivity index (χ1n) is 12.4. The maximum Gasteiger partial charge on any atom is 0.308 e. The third kappa shape index (κ3) is 4.42. The first kappa shape index (κ1) is 23.8. The summed E-state index contributed by atoms with van der Waals surface area (Å²) in [5.74, 6) is 0.0874. The molecule has 0 saturated heterocycles. The van der Waals surface area contributed by atoms with Gasteiger partial charge in [-0.3, -0.25) is 9.59 Å². The highest BCUT2D eigenvalue weighted by atomic mass is 32.1. The van der Waals surface area contributed by atoms with Crippen molar-refractivity contribution < 1.29 is 14.3 Å². The number of carbonyl (C=O) groups is 2. The Morgan fingerprint density at radius 3 is 2.20 bits per heavy atom. The summed E-state index contributed by atoms with van der Waals surface area (Å²) in [5, 5.41) is 0. The van der Waals surface area contributed by atoms with Gasteiger partial charge in [0.1, 0.15) is 0 Å². The molecular weight excluding hydrogens is 454 g/mol. The Kier molecular flexibility index (Phi) is 6.30. The fourth-order valence-corrected chi connectivity index (χ4v) is 7.15. The lowest BCUT2D eigenvalue weighted by molar-refractivity contribution is -0.161. The average molecular weight is 488 g/mol. The molecule has 0 unspecified atom stereocenters. The van der Waals surface area contributed by atoms with Crippen LogP contribution in [-0.2, 0) is 16.0 Å². The zero-order chi connectivity index (χ0) is 24.7. The van der Waals surface area contributed by atoms with Crippen LogP contribution in [0.3, 0.4) is 0 Å². The molecule has 182 valence electrons. The standard InChI is InChI=1S/C30H33NO3S/c1-19-26(14-21-10-12-23(13-11-21)22-8-6-5-7-9-22)27(20(2)35-19)28(32)31(3)25-17-30(18-25)15-24(16-30)29(33)34-4/h5-13,24-25H,14-18H2,1-4H3. The SMILES string of the molecule is COC(=O)C1CC2(C1)CC(N(C)C(=O)c1c(C)sc(C)c1Cc1ccc(-c3ccccc3)cc1)C2. The molecule has 1 heterocycles. The molecule has 35 heavy (non-hydrogen) atoms. The minimum atomic E-state index is -0.0886. The number of benzene rings is 2. The van der Waals surface area contributed by atoms with Gasteiger partial charge in [-0.2, -0.15) is 0 Å². The largest absolute Gasteiger partial charge is 0.469 e. The van der Waals surface area contributed by atoms with Gasteiger partial charge in [-0.1, -0.05) is 54.6 Å². The van der Waals surface area contributed by atoms with Crippen LogP contribution in [0.5, 0.6) is 0 Å². The van der Waals surface area contributed by atoms with Gasteiger partial charge in [0, 0.05) is 22.8 Å². The van der Waals surface area contributed by atoms with Crippen molar-refractivity contribution in [1.29, 1.82) is 0 Å². The molecule has 5 rings (SSSR count). The van der Waals surface area contributed by atoms with Gasteiger partial charge in [-0.05, 0) is 73.6 Å². The number of methoxy groups -OCH3 is 1. The van der Waals surface area contributed by atoms with Crippen LogP contribution >= 0.6 is 11.3 Å². The molecule has 2 saturated carbocycles. The van der Waals surface area contributed by atoms with Crippen LogP contribution < -0.4 is 0 Å². The third-order valence-corrected chi connectivity index (χ3v) is 9.20. The Balaban J connectivity index is 1.27. The Bertz CT molecular complexity index is 1230. The van der Waals surface area contributed by atoms with E-state index in [2.05, 4.69) is 62.4 Å². The van der Waals surface area contributed by atoms with Gasteiger partial charge in [-0.15, -0.1) is 11.3 Å². The zero-order valence-electron chi connectivity index (χ0n) is 21.0. The van der Waals surface area contributed by atoms with E-state index in [1.807, 2.05) is 18.0 Å². The zero-order valence-corrected chi connectivity index (χ0v) is 21.8. The number of amides is 1. The molecule has 3 aromatic rings. The molecule has 2 aromatic carbocycles. The number of ether oxygens (including phenoxy) is 1. The Hall–Kier alpha value is -2.92. The summed E-state index contributed by atoms with van der Waals surface area (Å²) >= 11 is 1.72. The Morgan fingerprint density at radius 2 is 1.57 bits per heavy atom. The number of thiophene rings is 1. The van der Waals surface area contributed by atoms with Crippen LogP contribution in [0.2, 0.25) is 0 Å². The van der Waals surface area contributed by atoms with Crippen LogP contribution in [0.4, 0.5) is 0 Å². The highest BCUT2D eigenvalue weighted by Crippen LogP contribution is 2.60. The molecule has 2 aliphatic carbocycles. The molecule has 0 atom stereocenters. The fourth-order valence-electron chi connectivity index (χ4n) is 6.08. The Morgan fingerprint density at radius 1 is 0.943 bits per heavy atom. The average Bonchev–Trinajstić information content (AvgIpc) is 3.09. The second kappa shape index (κ2) is 9.27.